The molecule has 0 radical (unpaired) electrons. The summed E-state index contributed by atoms with van der Waals surface area (Å²) in [6, 6.07) is 11.7. The molecule has 0 unspecified atom stereocenters. The molecule has 1 fully saturated rings. The summed E-state index contributed by atoms with van der Waals surface area (Å²) in [5.41, 5.74) is 4.53. The maximum absolute atomic E-state index is 12.7. The van der Waals surface area contributed by atoms with E-state index in [0.717, 1.165) is 59.4 Å². The summed E-state index contributed by atoms with van der Waals surface area (Å²) in [5.74, 6) is 1.99. The Balaban J connectivity index is 1.31. The molecule has 0 atom stereocenters. The Kier molecular flexibility index (Phi) is 6.29. The van der Waals surface area contributed by atoms with Crippen molar-refractivity contribution in [1.29, 1.82) is 0 Å². The zero-order chi connectivity index (χ0) is 23.5. The molecule has 2 aromatic heterocycles. The summed E-state index contributed by atoms with van der Waals surface area (Å²) in [4.78, 5) is 23.8. The van der Waals surface area contributed by atoms with Gasteiger partial charge < -0.3 is 18.7 Å². The SMILES string of the molecule is COc1ccc(-c2nc(-c3ccc4c(c3)ncn4CCC(=O)N3CCCCCC3)no2)c(C)c1. The largest absolute Gasteiger partial charge is 0.497 e. The molecule has 1 saturated heterocycles. The van der Waals surface area contributed by atoms with Gasteiger partial charge in [0.15, 0.2) is 0 Å². The van der Waals surface area contributed by atoms with Crippen LogP contribution in [0.1, 0.15) is 37.7 Å². The van der Waals surface area contributed by atoms with Crippen LogP contribution >= 0.6 is 0 Å². The van der Waals surface area contributed by atoms with E-state index in [1.807, 2.05) is 52.8 Å². The highest BCUT2D eigenvalue weighted by atomic mass is 16.5. The van der Waals surface area contributed by atoms with E-state index < -0.39 is 0 Å². The predicted octanol–water partition coefficient (Wildman–Crippen LogP) is 4.86. The number of imidazole rings is 1. The van der Waals surface area contributed by atoms with E-state index in [0.29, 0.717) is 24.7 Å². The highest BCUT2D eigenvalue weighted by Crippen LogP contribution is 2.28. The van der Waals surface area contributed by atoms with E-state index in [1.54, 1.807) is 13.4 Å². The van der Waals surface area contributed by atoms with Gasteiger partial charge in [-0.15, -0.1) is 0 Å². The second kappa shape index (κ2) is 9.67. The number of benzene rings is 2. The molecule has 0 bridgehead atoms. The average Bonchev–Trinajstić information content (AvgIpc) is 3.41. The summed E-state index contributed by atoms with van der Waals surface area (Å²) in [5, 5.41) is 4.18. The zero-order valence-corrected chi connectivity index (χ0v) is 19.7. The number of hydrogen-bond donors (Lipinski definition) is 0. The molecule has 5 rings (SSSR count). The van der Waals surface area contributed by atoms with Crippen molar-refractivity contribution in [2.45, 2.75) is 45.6 Å². The van der Waals surface area contributed by atoms with Gasteiger partial charge in [0.1, 0.15) is 5.75 Å². The third-order valence-corrected chi connectivity index (χ3v) is 6.49. The number of rotatable bonds is 6. The van der Waals surface area contributed by atoms with Crippen molar-refractivity contribution in [3.63, 3.8) is 0 Å². The van der Waals surface area contributed by atoms with Gasteiger partial charge in [-0.3, -0.25) is 4.79 Å². The van der Waals surface area contributed by atoms with Crippen LogP contribution < -0.4 is 4.74 Å². The summed E-state index contributed by atoms with van der Waals surface area (Å²) < 4.78 is 12.9. The number of hydrogen-bond acceptors (Lipinski definition) is 6. The van der Waals surface area contributed by atoms with Crippen LogP contribution in [0.25, 0.3) is 33.9 Å². The third kappa shape index (κ3) is 4.53. The maximum atomic E-state index is 12.7. The maximum Gasteiger partial charge on any atom is 0.258 e. The molecule has 8 nitrogen and oxygen atoms in total. The van der Waals surface area contributed by atoms with Gasteiger partial charge in [-0.25, -0.2) is 4.98 Å². The van der Waals surface area contributed by atoms with Crippen LogP contribution in [0.5, 0.6) is 5.75 Å². The van der Waals surface area contributed by atoms with Crippen molar-refractivity contribution in [2.75, 3.05) is 20.2 Å². The van der Waals surface area contributed by atoms with Gasteiger partial charge in [0.05, 0.1) is 24.5 Å². The summed E-state index contributed by atoms with van der Waals surface area (Å²) in [7, 11) is 1.64. The number of amides is 1. The Bertz CT molecular complexity index is 1300. The quantitative estimate of drug-likeness (QED) is 0.409. The molecular formula is C26H29N5O3. The van der Waals surface area contributed by atoms with E-state index in [9.17, 15) is 4.79 Å². The first-order valence-corrected chi connectivity index (χ1v) is 11.8. The van der Waals surface area contributed by atoms with Crippen LogP contribution in [0, 0.1) is 6.92 Å². The number of aryl methyl sites for hydroxylation is 2. The smallest absolute Gasteiger partial charge is 0.258 e. The second-order valence-corrected chi connectivity index (χ2v) is 8.79. The van der Waals surface area contributed by atoms with Crippen LogP contribution in [-0.4, -0.2) is 50.7 Å². The molecule has 8 heteroatoms. The molecule has 0 spiro atoms. The van der Waals surface area contributed by atoms with Crippen molar-refractivity contribution < 1.29 is 14.1 Å². The standard InChI is InChI=1S/C26H29N5O3/c1-18-15-20(33-2)8-9-21(18)26-28-25(29-34-26)19-7-10-23-22(16-19)27-17-31(23)14-11-24(32)30-12-5-3-4-6-13-30/h7-10,15-17H,3-6,11-14H2,1-2H3. The Morgan fingerprint density at radius 3 is 2.68 bits per heavy atom. The van der Waals surface area contributed by atoms with Crippen LogP contribution in [-0.2, 0) is 11.3 Å². The lowest BCUT2D eigenvalue weighted by molar-refractivity contribution is -0.131. The number of carbonyl (C=O) groups excluding carboxylic acids is 1. The van der Waals surface area contributed by atoms with Gasteiger partial charge in [-0.1, -0.05) is 18.0 Å². The van der Waals surface area contributed by atoms with E-state index in [-0.39, 0.29) is 5.91 Å². The molecule has 0 aliphatic carbocycles. The first-order valence-electron chi connectivity index (χ1n) is 11.8. The Morgan fingerprint density at radius 2 is 1.91 bits per heavy atom. The van der Waals surface area contributed by atoms with Crippen LogP contribution in [0.3, 0.4) is 0 Å². The first-order chi connectivity index (χ1) is 16.6. The fraction of sp³-hybridized carbons (Fsp3) is 0.385. The summed E-state index contributed by atoms with van der Waals surface area (Å²) >= 11 is 0. The van der Waals surface area contributed by atoms with Crippen molar-refractivity contribution in [2.24, 2.45) is 0 Å². The number of methoxy groups -OCH3 is 1. The van der Waals surface area contributed by atoms with Gasteiger partial charge in [0, 0.05) is 37.2 Å². The number of fused-ring (bicyclic) bond motifs is 1. The molecule has 0 saturated carbocycles. The molecule has 3 heterocycles. The normalized spacial score (nSPS) is 14.4. The number of carbonyl (C=O) groups is 1. The molecule has 4 aromatic rings. The molecule has 1 amide bonds. The number of aromatic nitrogens is 4. The zero-order valence-electron chi connectivity index (χ0n) is 19.7. The number of ether oxygens (including phenoxy) is 1. The van der Waals surface area contributed by atoms with Crippen molar-refractivity contribution in [1.82, 2.24) is 24.6 Å². The molecular weight excluding hydrogens is 430 g/mol. The minimum absolute atomic E-state index is 0.230. The lowest BCUT2D eigenvalue weighted by Crippen LogP contribution is -2.32. The number of likely N-dealkylation sites (tertiary alicyclic amines) is 1. The highest BCUT2D eigenvalue weighted by molar-refractivity contribution is 5.81. The van der Waals surface area contributed by atoms with Gasteiger partial charge in [-0.2, -0.15) is 4.98 Å². The minimum atomic E-state index is 0.230. The average molecular weight is 460 g/mol. The Hall–Kier alpha value is -3.68. The Morgan fingerprint density at radius 1 is 1.09 bits per heavy atom. The van der Waals surface area contributed by atoms with E-state index in [1.165, 1.54) is 12.8 Å². The van der Waals surface area contributed by atoms with Gasteiger partial charge in [-0.05, 0) is 61.7 Å². The van der Waals surface area contributed by atoms with E-state index in [4.69, 9.17) is 9.26 Å². The Labute approximate surface area is 198 Å². The molecule has 1 aliphatic heterocycles. The molecule has 1 aliphatic rings. The second-order valence-electron chi connectivity index (χ2n) is 8.79. The fourth-order valence-corrected chi connectivity index (χ4v) is 4.53. The third-order valence-electron chi connectivity index (χ3n) is 6.49. The highest BCUT2D eigenvalue weighted by Gasteiger charge is 2.17. The summed E-state index contributed by atoms with van der Waals surface area (Å²) in [6.07, 6.45) is 6.95. The lowest BCUT2D eigenvalue weighted by Gasteiger charge is -2.20. The summed E-state index contributed by atoms with van der Waals surface area (Å²) in [6.45, 7) is 4.37. The van der Waals surface area contributed by atoms with Crippen LogP contribution in [0.2, 0.25) is 0 Å². The van der Waals surface area contributed by atoms with Gasteiger partial charge >= 0.3 is 0 Å². The fourth-order valence-electron chi connectivity index (χ4n) is 4.53. The van der Waals surface area contributed by atoms with Crippen LogP contribution in [0.4, 0.5) is 0 Å². The monoisotopic (exact) mass is 459 g/mol. The predicted molar refractivity (Wildman–Crippen MR) is 129 cm³/mol. The van der Waals surface area contributed by atoms with Crippen LogP contribution in [0.15, 0.2) is 47.2 Å². The molecule has 34 heavy (non-hydrogen) atoms. The molecule has 2 aromatic carbocycles. The topological polar surface area (TPSA) is 86.3 Å². The van der Waals surface area contributed by atoms with Crippen molar-refractivity contribution in [3.8, 4) is 28.6 Å². The molecule has 0 N–H and O–H groups in total. The first kappa shape index (κ1) is 22.1. The van der Waals surface area contributed by atoms with Crippen molar-refractivity contribution >= 4 is 16.9 Å². The molecule has 176 valence electrons. The van der Waals surface area contributed by atoms with Gasteiger partial charge in [0.2, 0.25) is 11.7 Å². The van der Waals surface area contributed by atoms with Crippen molar-refractivity contribution in [3.05, 3.63) is 48.3 Å². The van der Waals surface area contributed by atoms with E-state index in [2.05, 4.69) is 15.1 Å². The lowest BCUT2D eigenvalue weighted by atomic mass is 10.1. The minimum Gasteiger partial charge on any atom is -0.497 e. The number of nitrogens with zero attached hydrogens (tertiary/aromatic N) is 5. The van der Waals surface area contributed by atoms with E-state index >= 15 is 0 Å². The van der Waals surface area contributed by atoms with Gasteiger partial charge in [0.25, 0.3) is 5.89 Å².